The van der Waals surface area contributed by atoms with Gasteiger partial charge in [-0.3, -0.25) is 4.79 Å². The molecule has 0 aliphatic carbocycles. The van der Waals surface area contributed by atoms with Gasteiger partial charge < -0.3 is 20.0 Å². The summed E-state index contributed by atoms with van der Waals surface area (Å²) >= 11 is 0. The van der Waals surface area contributed by atoms with Crippen LogP contribution >= 0.6 is 0 Å². The van der Waals surface area contributed by atoms with Crippen molar-refractivity contribution in [2.24, 2.45) is 0 Å². The predicted molar refractivity (Wildman–Crippen MR) is 85.6 cm³/mol. The van der Waals surface area contributed by atoms with Crippen molar-refractivity contribution >= 4 is 16.9 Å². The van der Waals surface area contributed by atoms with E-state index in [-0.39, 0.29) is 31.0 Å². The number of nitrogens with one attached hydrogen (secondary N) is 3. The number of aromatic amines is 2. The fourth-order valence-electron chi connectivity index (χ4n) is 2.35. The molecule has 0 bridgehead atoms. The fourth-order valence-corrected chi connectivity index (χ4v) is 2.35. The minimum atomic E-state index is -0.333. The van der Waals surface area contributed by atoms with Crippen molar-refractivity contribution in [2.45, 2.75) is 26.5 Å². The molecule has 24 heavy (non-hydrogen) atoms. The maximum atomic E-state index is 13.1. The first-order valence-electron chi connectivity index (χ1n) is 7.54. The minimum Gasteiger partial charge on any atom is -0.364 e. The lowest BCUT2D eigenvalue weighted by Gasteiger charge is -2.11. The molecule has 8 heteroatoms. The average Bonchev–Trinajstić information content (AvgIpc) is 3.12. The summed E-state index contributed by atoms with van der Waals surface area (Å²) in [7, 11) is 0. The smallest absolute Gasteiger partial charge is 0.246 e. The molecule has 1 unspecified atom stereocenters. The van der Waals surface area contributed by atoms with Crippen molar-refractivity contribution in [1.29, 1.82) is 0 Å². The molecule has 1 aromatic carbocycles. The number of nitrogens with zero attached hydrogens (tertiary/aromatic N) is 2. The third-order valence-electron chi connectivity index (χ3n) is 3.48. The lowest BCUT2D eigenvalue weighted by molar-refractivity contribution is -0.126. The number of fused-ring (bicyclic) bond motifs is 1. The van der Waals surface area contributed by atoms with Crippen LogP contribution in [0.3, 0.4) is 0 Å². The van der Waals surface area contributed by atoms with E-state index in [4.69, 9.17) is 4.74 Å². The Morgan fingerprint density at radius 1 is 1.42 bits per heavy atom. The number of H-pyrrole nitrogens is 2. The molecule has 3 N–H and O–H groups in total. The van der Waals surface area contributed by atoms with Crippen molar-refractivity contribution in [3.8, 4) is 0 Å². The van der Waals surface area contributed by atoms with Gasteiger partial charge in [0.25, 0.3) is 0 Å². The highest BCUT2D eigenvalue weighted by atomic mass is 19.1. The number of amides is 1. The van der Waals surface area contributed by atoms with Gasteiger partial charge in [-0.05, 0) is 32.0 Å². The van der Waals surface area contributed by atoms with Gasteiger partial charge in [0.1, 0.15) is 30.7 Å². The molecule has 2 heterocycles. The van der Waals surface area contributed by atoms with Crippen molar-refractivity contribution in [2.75, 3.05) is 6.61 Å². The summed E-state index contributed by atoms with van der Waals surface area (Å²) in [5.41, 5.74) is 2.18. The van der Waals surface area contributed by atoms with E-state index in [0.29, 0.717) is 22.7 Å². The number of aryl methyl sites for hydroxylation is 1. The second-order valence-corrected chi connectivity index (χ2v) is 5.58. The number of benzene rings is 1. The zero-order chi connectivity index (χ0) is 17.1. The number of carbonyl (C=O) groups is 1. The van der Waals surface area contributed by atoms with Crippen molar-refractivity contribution < 1.29 is 13.9 Å². The quantitative estimate of drug-likeness (QED) is 0.645. The standard InChI is InChI=1S/C16H18FN5O2/c1-9-6-18-16(19-9)10(2)20-15(23)8-24-7-14-21-12-4-3-11(17)5-13(12)22-14/h3-6,10H,7-8H2,1-2H3,(H,18,19)(H,20,23)(H,21,22). The Kier molecular flexibility index (Phi) is 4.57. The van der Waals surface area contributed by atoms with E-state index in [1.807, 2.05) is 13.8 Å². The second kappa shape index (κ2) is 6.79. The van der Waals surface area contributed by atoms with E-state index in [9.17, 15) is 9.18 Å². The van der Waals surface area contributed by atoms with Crippen molar-refractivity contribution in [3.63, 3.8) is 0 Å². The number of carbonyl (C=O) groups excluding carboxylic acids is 1. The van der Waals surface area contributed by atoms with Crippen LogP contribution in [0, 0.1) is 12.7 Å². The molecule has 0 saturated heterocycles. The molecule has 3 rings (SSSR count). The van der Waals surface area contributed by atoms with E-state index < -0.39 is 0 Å². The van der Waals surface area contributed by atoms with E-state index in [2.05, 4.69) is 25.3 Å². The number of halogens is 1. The fraction of sp³-hybridized carbons (Fsp3) is 0.312. The Hall–Kier alpha value is -2.74. The van der Waals surface area contributed by atoms with Gasteiger partial charge >= 0.3 is 0 Å². The number of ether oxygens (including phenoxy) is 1. The highest BCUT2D eigenvalue weighted by Gasteiger charge is 2.12. The van der Waals surface area contributed by atoms with Gasteiger partial charge in [0.2, 0.25) is 5.91 Å². The molecule has 3 aromatic rings. The molecule has 0 aliphatic heterocycles. The van der Waals surface area contributed by atoms with Crippen LogP contribution in [-0.4, -0.2) is 32.4 Å². The van der Waals surface area contributed by atoms with Gasteiger partial charge in [0, 0.05) is 11.9 Å². The number of rotatable bonds is 6. The number of hydrogen-bond donors (Lipinski definition) is 3. The molecule has 0 aliphatic rings. The lowest BCUT2D eigenvalue weighted by Crippen LogP contribution is -2.30. The van der Waals surface area contributed by atoms with Crippen LogP contribution in [0.15, 0.2) is 24.4 Å². The monoisotopic (exact) mass is 331 g/mol. The zero-order valence-corrected chi connectivity index (χ0v) is 13.4. The van der Waals surface area contributed by atoms with Crippen LogP contribution in [0.1, 0.15) is 30.3 Å². The molecule has 0 spiro atoms. The molecule has 2 aromatic heterocycles. The van der Waals surface area contributed by atoms with Gasteiger partial charge in [-0.2, -0.15) is 0 Å². The zero-order valence-electron chi connectivity index (χ0n) is 13.4. The Morgan fingerprint density at radius 3 is 3.00 bits per heavy atom. The Bertz CT molecular complexity index is 857. The molecule has 126 valence electrons. The van der Waals surface area contributed by atoms with E-state index in [1.165, 1.54) is 12.1 Å². The van der Waals surface area contributed by atoms with E-state index in [1.54, 1.807) is 12.3 Å². The Labute approximate surface area is 137 Å². The first-order chi connectivity index (χ1) is 11.5. The van der Waals surface area contributed by atoms with Crippen molar-refractivity contribution in [1.82, 2.24) is 25.3 Å². The maximum Gasteiger partial charge on any atom is 0.246 e. The average molecular weight is 331 g/mol. The van der Waals surface area contributed by atoms with Crippen LogP contribution in [0.5, 0.6) is 0 Å². The first-order valence-corrected chi connectivity index (χ1v) is 7.54. The molecular weight excluding hydrogens is 313 g/mol. The highest BCUT2D eigenvalue weighted by Crippen LogP contribution is 2.13. The van der Waals surface area contributed by atoms with Crippen molar-refractivity contribution in [3.05, 3.63) is 47.6 Å². The summed E-state index contributed by atoms with van der Waals surface area (Å²) < 4.78 is 18.5. The number of aromatic nitrogens is 4. The van der Waals surface area contributed by atoms with Gasteiger partial charge in [-0.25, -0.2) is 14.4 Å². The third-order valence-corrected chi connectivity index (χ3v) is 3.48. The summed E-state index contributed by atoms with van der Waals surface area (Å²) in [5.74, 6) is 0.650. The molecule has 1 amide bonds. The molecule has 0 fully saturated rings. The van der Waals surface area contributed by atoms with Crippen LogP contribution in [-0.2, 0) is 16.1 Å². The summed E-state index contributed by atoms with van der Waals surface area (Å²) in [6.45, 7) is 3.77. The molecule has 1 atom stereocenters. The molecular formula is C16H18FN5O2. The number of imidazole rings is 2. The summed E-state index contributed by atoms with van der Waals surface area (Å²) in [6.07, 6.45) is 1.71. The maximum absolute atomic E-state index is 13.1. The van der Waals surface area contributed by atoms with Crippen LogP contribution < -0.4 is 5.32 Å². The summed E-state index contributed by atoms with van der Waals surface area (Å²) in [5, 5.41) is 2.79. The topological polar surface area (TPSA) is 95.7 Å². The normalized spacial score (nSPS) is 12.5. The van der Waals surface area contributed by atoms with E-state index >= 15 is 0 Å². The van der Waals surface area contributed by atoms with E-state index in [0.717, 1.165) is 5.69 Å². The predicted octanol–water partition coefficient (Wildman–Crippen LogP) is 2.13. The Morgan fingerprint density at radius 2 is 2.25 bits per heavy atom. The second-order valence-electron chi connectivity index (χ2n) is 5.58. The number of hydrogen-bond acceptors (Lipinski definition) is 4. The first kappa shape index (κ1) is 16.1. The van der Waals surface area contributed by atoms with Gasteiger partial charge in [-0.15, -0.1) is 0 Å². The molecule has 0 radical (unpaired) electrons. The molecule has 0 saturated carbocycles. The summed E-state index contributed by atoms with van der Waals surface area (Å²) in [6, 6.07) is 4.07. The van der Waals surface area contributed by atoms with Gasteiger partial charge in [0.05, 0.1) is 17.1 Å². The minimum absolute atomic E-state index is 0.102. The van der Waals surface area contributed by atoms with Gasteiger partial charge in [0.15, 0.2) is 0 Å². The third kappa shape index (κ3) is 3.77. The van der Waals surface area contributed by atoms with Crippen LogP contribution in [0.2, 0.25) is 0 Å². The van der Waals surface area contributed by atoms with Gasteiger partial charge in [-0.1, -0.05) is 0 Å². The summed E-state index contributed by atoms with van der Waals surface area (Å²) in [4.78, 5) is 26.3. The van der Waals surface area contributed by atoms with Crippen LogP contribution in [0.25, 0.3) is 11.0 Å². The lowest BCUT2D eigenvalue weighted by atomic mass is 10.3. The SMILES string of the molecule is Cc1cnc(C(C)NC(=O)COCc2nc3ccc(F)cc3[nH]2)[nH]1. The Balaban J connectivity index is 1.49. The highest BCUT2D eigenvalue weighted by molar-refractivity contribution is 5.77. The largest absolute Gasteiger partial charge is 0.364 e. The molecule has 7 nitrogen and oxygen atoms in total. The van der Waals surface area contributed by atoms with Crippen LogP contribution in [0.4, 0.5) is 4.39 Å².